The maximum Gasteiger partial charge on any atom is 0.0237 e. The Morgan fingerprint density at radius 2 is 2.33 bits per heavy atom. The second kappa shape index (κ2) is 3.37. The van der Waals surface area contributed by atoms with Gasteiger partial charge in [0, 0.05) is 10.2 Å². The first kappa shape index (κ1) is 6.18. The van der Waals surface area contributed by atoms with Crippen LogP contribution in [0.5, 0.6) is 0 Å². The summed E-state index contributed by atoms with van der Waals surface area (Å²) in [7, 11) is 1.27. The second-order valence-corrected chi connectivity index (χ2v) is 3.44. The van der Waals surface area contributed by atoms with Crippen molar-refractivity contribution in [2.45, 2.75) is 19.5 Å². The van der Waals surface area contributed by atoms with Crippen LogP contribution in [-0.2, 0) is 0 Å². The molecule has 1 atom stereocenters. The second-order valence-electron chi connectivity index (χ2n) is 1.71. The van der Waals surface area contributed by atoms with Gasteiger partial charge in [0.1, 0.15) is 0 Å². The number of rotatable bonds is 2. The molecule has 0 saturated carbocycles. The highest BCUT2D eigenvalue weighted by molar-refractivity contribution is 6.11. The summed E-state index contributed by atoms with van der Waals surface area (Å²) in [5.41, 5.74) is 0.787. The molecule has 0 rings (SSSR count). The molecule has 0 spiro atoms. The van der Waals surface area contributed by atoms with E-state index in [-0.39, 0.29) is 0 Å². The Morgan fingerprint density at radius 3 is 2.33 bits per heavy atom. The van der Waals surface area contributed by atoms with E-state index in [9.17, 15) is 0 Å². The van der Waals surface area contributed by atoms with E-state index in [1.54, 1.807) is 0 Å². The zero-order valence-corrected chi connectivity index (χ0v) is 6.78. The van der Waals surface area contributed by atoms with Gasteiger partial charge in [-0.3, -0.25) is 0 Å². The average Bonchev–Trinajstić information content (AvgIpc) is 1.35. The molecule has 0 radical (unpaired) electrons. The summed E-state index contributed by atoms with van der Waals surface area (Å²) in [6.07, 6.45) is 0. The minimum atomic E-state index is 0.787. The molecular formula is C4H13NSi. The highest BCUT2D eigenvalue weighted by Crippen LogP contribution is 1.64. The highest BCUT2D eigenvalue weighted by Gasteiger charge is 1.82. The van der Waals surface area contributed by atoms with Crippen molar-refractivity contribution in [2.75, 3.05) is 6.54 Å². The summed E-state index contributed by atoms with van der Waals surface area (Å²) in [6.45, 7) is 5.45. The van der Waals surface area contributed by atoms with Crippen LogP contribution in [-0.4, -0.2) is 22.5 Å². The topological polar surface area (TPSA) is 12.0 Å². The van der Waals surface area contributed by atoms with Crippen molar-refractivity contribution >= 4 is 10.2 Å². The lowest BCUT2D eigenvalue weighted by Gasteiger charge is -2.00. The predicted molar refractivity (Wildman–Crippen MR) is 33.1 cm³/mol. The molecule has 0 aromatic heterocycles. The Bertz CT molecular complexity index is 28.7. The summed E-state index contributed by atoms with van der Waals surface area (Å²) in [4.78, 5) is 0. The van der Waals surface area contributed by atoms with Crippen LogP contribution in [0.3, 0.4) is 0 Å². The van der Waals surface area contributed by atoms with Crippen LogP contribution in [0.25, 0.3) is 0 Å². The van der Waals surface area contributed by atoms with Gasteiger partial charge in [-0.1, -0.05) is 13.8 Å². The molecule has 0 aliphatic carbocycles. The molecule has 38 valence electrons. The van der Waals surface area contributed by atoms with Crippen LogP contribution >= 0.6 is 0 Å². The Labute approximate surface area is 42.6 Å². The molecule has 1 nitrogen and oxygen atoms in total. The first-order valence-corrected chi connectivity index (χ1v) is 3.66. The molecule has 0 aliphatic heterocycles. The van der Waals surface area contributed by atoms with Crippen LogP contribution in [0.2, 0.25) is 0 Å². The van der Waals surface area contributed by atoms with Gasteiger partial charge in [0.05, 0.1) is 0 Å². The smallest absolute Gasteiger partial charge is 0.0237 e. The lowest BCUT2D eigenvalue weighted by molar-refractivity contribution is 0.711. The van der Waals surface area contributed by atoms with Gasteiger partial charge in [0.25, 0.3) is 0 Å². The van der Waals surface area contributed by atoms with E-state index in [2.05, 4.69) is 19.2 Å². The SMILES string of the molecule is CCNC(C)[SiH3]. The van der Waals surface area contributed by atoms with Gasteiger partial charge in [-0.2, -0.15) is 0 Å². The normalized spacial score (nSPS) is 15.0. The molecule has 2 heteroatoms. The highest BCUT2D eigenvalue weighted by atomic mass is 28.1. The van der Waals surface area contributed by atoms with Crippen molar-refractivity contribution in [3.63, 3.8) is 0 Å². The zero-order valence-electron chi connectivity index (χ0n) is 4.78. The average molecular weight is 103 g/mol. The van der Waals surface area contributed by atoms with Crippen LogP contribution in [0.15, 0.2) is 0 Å². The fourth-order valence-corrected chi connectivity index (χ4v) is 0.816. The summed E-state index contributed by atoms with van der Waals surface area (Å²) in [6, 6.07) is 0. The third kappa shape index (κ3) is 4.18. The minimum Gasteiger partial charge on any atom is -0.318 e. The third-order valence-electron chi connectivity index (χ3n) is 0.612. The maximum atomic E-state index is 3.27. The summed E-state index contributed by atoms with van der Waals surface area (Å²) >= 11 is 0. The van der Waals surface area contributed by atoms with Gasteiger partial charge < -0.3 is 5.32 Å². The molecule has 1 unspecified atom stereocenters. The maximum absolute atomic E-state index is 3.27. The number of nitrogens with one attached hydrogen (secondary N) is 1. The van der Waals surface area contributed by atoms with Crippen molar-refractivity contribution in [2.24, 2.45) is 0 Å². The van der Waals surface area contributed by atoms with E-state index < -0.39 is 0 Å². The van der Waals surface area contributed by atoms with Crippen molar-refractivity contribution in [1.29, 1.82) is 0 Å². The monoisotopic (exact) mass is 103 g/mol. The first-order chi connectivity index (χ1) is 2.77. The van der Waals surface area contributed by atoms with Crippen molar-refractivity contribution < 1.29 is 0 Å². The van der Waals surface area contributed by atoms with E-state index in [1.165, 1.54) is 10.2 Å². The predicted octanol–water partition coefficient (Wildman–Crippen LogP) is -0.693. The first-order valence-electron chi connectivity index (χ1n) is 2.50. The fourth-order valence-electron chi connectivity index (χ4n) is 0.408. The molecule has 0 amide bonds. The van der Waals surface area contributed by atoms with Gasteiger partial charge in [0.2, 0.25) is 0 Å². The molecular weight excluding hydrogens is 90.1 g/mol. The number of hydrogen-bond donors (Lipinski definition) is 1. The van der Waals surface area contributed by atoms with Gasteiger partial charge >= 0.3 is 0 Å². The van der Waals surface area contributed by atoms with Gasteiger partial charge in [-0.05, 0) is 12.2 Å². The van der Waals surface area contributed by atoms with Crippen LogP contribution in [0.4, 0.5) is 0 Å². The van der Waals surface area contributed by atoms with Gasteiger partial charge in [-0.25, -0.2) is 0 Å². The molecule has 0 fully saturated rings. The van der Waals surface area contributed by atoms with Gasteiger partial charge in [0.15, 0.2) is 0 Å². The Balaban J connectivity index is 2.63. The van der Waals surface area contributed by atoms with E-state index in [4.69, 9.17) is 0 Å². The zero-order chi connectivity index (χ0) is 4.99. The van der Waals surface area contributed by atoms with Crippen LogP contribution < -0.4 is 5.32 Å². The summed E-state index contributed by atoms with van der Waals surface area (Å²) < 4.78 is 0. The molecule has 1 N–H and O–H groups in total. The molecule has 0 aromatic carbocycles. The van der Waals surface area contributed by atoms with Crippen molar-refractivity contribution in [3.05, 3.63) is 0 Å². The molecule has 0 aliphatic rings. The van der Waals surface area contributed by atoms with E-state index in [0.717, 1.165) is 12.2 Å². The molecule has 0 saturated heterocycles. The van der Waals surface area contributed by atoms with Crippen LogP contribution in [0, 0.1) is 0 Å². The van der Waals surface area contributed by atoms with E-state index in [1.807, 2.05) is 0 Å². The lowest BCUT2D eigenvalue weighted by atomic mass is 10.7. The quantitative estimate of drug-likeness (QED) is 0.456. The molecule has 0 heterocycles. The Morgan fingerprint density at radius 1 is 1.83 bits per heavy atom. The van der Waals surface area contributed by atoms with Gasteiger partial charge in [-0.15, -0.1) is 0 Å². The summed E-state index contributed by atoms with van der Waals surface area (Å²) in [5, 5.41) is 3.27. The van der Waals surface area contributed by atoms with Crippen molar-refractivity contribution in [3.8, 4) is 0 Å². The largest absolute Gasteiger partial charge is 0.318 e. The minimum absolute atomic E-state index is 0.787. The van der Waals surface area contributed by atoms with Crippen molar-refractivity contribution in [1.82, 2.24) is 5.32 Å². The van der Waals surface area contributed by atoms with Crippen LogP contribution in [0.1, 0.15) is 13.8 Å². The molecule has 0 aromatic rings. The Hall–Kier alpha value is 0.177. The van der Waals surface area contributed by atoms with E-state index in [0.29, 0.717) is 0 Å². The standard InChI is InChI=1S/C4H13NSi/c1-3-5-4(2)6/h4-5H,3H2,1-2,6H3. The molecule has 6 heavy (non-hydrogen) atoms. The lowest BCUT2D eigenvalue weighted by Crippen LogP contribution is -2.24. The molecule has 0 bridgehead atoms. The third-order valence-corrected chi connectivity index (χ3v) is 1.02. The Kier molecular flexibility index (Phi) is 3.47. The fraction of sp³-hybridized carbons (Fsp3) is 1.00. The number of hydrogen-bond acceptors (Lipinski definition) is 1. The van der Waals surface area contributed by atoms with E-state index >= 15 is 0 Å². The summed E-state index contributed by atoms with van der Waals surface area (Å²) in [5.74, 6) is 0.